The van der Waals surface area contributed by atoms with Crippen LogP contribution in [0.3, 0.4) is 0 Å². The second kappa shape index (κ2) is 4.16. The topological polar surface area (TPSA) is 60.4 Å². The number of aldehydes is 1. The van der Waals surface area contributed by atoms with Crippen LogP contribution in [0.2, 0.25) is 0 Å². The summed E-state index contributed by atoms with van der Waals surface area (Å²) in [6.07, 6.45) is 0.235. The monoisotopic (exact) mass is 252 g/mol. The largest absolute Gasteiger partial charge is 0.496 e. The van der Waals surface area contributed by atoms with Crippen LogP contribution in [0.25, 0.3) is 0 Å². The first-order valence-corrected chi connectivity index (χ1v) is 5.98. The van der Waals surface area contributed by atoms with Gasteiger partial charge in [0.2, 0.25) is 0 Å². The van der Waals surface area contributed by atoms with Gasteiger partial charge in [-0.15, -0.1) is 0 Å². The molecule has 15 heavy (non-hydrogen) atoms. The van der Waals surface area contributed by atoms with Crippen LogP contribution in [0.4, 0.5) is 4.39 Å². The van der Waals surface area contributed by atoms with E-state index in [-0.39, 0.29) is 17.6 Å². The Kier molecular flexibility index (Phi) is 3.31. The van der Waals surface area contributed by atoms with Crippen LogP contribution in [0.1, 0.15) is 10.4 Å². The molecule has 0 radical (unpaired) electrons. The highest BCUT2D eigenvalue weighted by Crippen LogP contribution is 2.26. The van der Waals surface area contributed by atoms with Gasteiger partial charge in [0.25, 0.3) is 9.05 Å². The summed E-state index contributed by atoms with van der Waals surface area (Å²) in [5, 5.41) is 0. The van der Waals surface area contributed by atoms with Crippen LogP contribution in [-0.4, -0.2) is 21.8 Å². The van der Waals surface area contributed by atoms with Gasteiger partial charge < -0.3 is 4.74 Å². The zero-order valence-corrected chi connectivity index (χ0v) is 9.10. The Bertz CT molecular complexity index is 498. The molecule has 4 nitrogen and oxygen atoms in total. The molecule has 7 heteroatoms. The van der Waals surface area contributed by atoms with E-state index in [4.69, 9.17) is 10.7 Å². The Hall–Kier alpha value is -1.14. The van der Waals surface area contributed by atoms with E-state index in [1.807, 2.05) is 0 Å². The van der Waals surface area contributed by atoms with Crippen LogP contribution >= 0.6 is 10.7 Å². The molecule has 1 rings (SSSR count). The molecule has 0 bridgehead atoms. The number of rotatable bonds is 3. The maximum atomic E-state index is 13.2. The predicted molar refractivity (Wildman–Crippen MR) is 51.4 cm³/mol. The number of halogens is 2. The van der Waals surface area contributed by atoms with Crippen molar-refractivity contribution < 1.29 is 22.3 Å². The molecule has 0 aliphatic heterocycles. The third kappa shape index (κ3) is 2.45. The summed E-state index contributed by atoms with van der Waals surface area (Å²) < 4.78 is 39.7. The molecule has 1 aromatic rings. The van der Waals surface area contributed by atoms with E-state index in [2.05, 4.69) is 4.74 Å². The van der Waals surface area contributed by atoms with Crippen molar-refractivity contribution in [1.82, 2.24) is 0 Å². The zero-order valence-electron chi connectivity index (χ0n) is 7.53. The summed E-state index contributed by atoms with van der Waals surface area (Å²) in [4.78, 5) is 10.0. The number of hydrogen-bond donors (Lipinski definition) is 0. The summed E-state index contributed by atoms with van der Waals surface area (Å²) >= 11 is 0. The maximum absolute atomic E-state index is 13.2. The first-order valence-electron chi connectivity index (χ1n) is 3.67. The van der Waals surface area contributed by atoms with Crippen molar-refractivity contribution in [3.8, 4) is 5.75 Å². The Morgan fingerprint density at radius 3 is 2.47 bits per heavy atom. The van der Waals surface area contributed by atoms with Crippen molar-refractivity contribution in [2.24, 2.45) is 0 Å². The highest BCUT2D eigenvalue weighted by molar-refractivity contribution is 8.13. The number of ether oxygens (including phenoxy) is 1. The Morgan fingerprint density at radius 1 is 1.47 bits per heavy atom. The molecule has 0 saturated heterocycles. The number of methoxy groups -OCH3 is 1. The fraction of sp³-hybridized carbons (Fsp3) is 0.125. The molecule has 1 aromatic carbocycles. The van der Waals surface area contributed by atoms with Gasteiger partial charge in [-0.25, -0.2) is 12.8 Å². The van der Waals surface area contributed by atoms with Crippen LogP contribution < -0.4 is 4.74 Å². The molecule has 0 aliphatic carbocycles. The molecular weight excluding hydrogens is 247 g/mol. The first kappa shape index (κ1) is 11.9. The summed E-state index contributed by atoms with van der Waals surface area (Å²) in [6.45, 7) is 0. The third-order valence-electron chi connectivity index (χ3n) is 1.68. The van der Waals surface area contributed by atoms with Crippen molar-refractivity contribution in [2.75, 3.05) is 7.11 Å². The fourth-order valence-electron chi connectivity index (χ4n) is 0.993. The van der Waals surface area contributed by atoms with Crippen molar-refractivity contribution in [1.29, 1.82) is 0 Å². The summed E-state index contributed by atoms with van der Waals surface area (Å²) in [7, 11) is 2.16. The smallest absolute Gasteiger partial charge is 0.261 e. The predicted octanol–water partition coefficient (Wildman–Crippen LogP) is 1.57. The van der Waals surface area contributed by atoms with Crippen molar-refractivity contribution in [3.63, 3.8) is 0 Å². The van der Waals surface area contributed by atoms with Gasteiger partial charge in [-0.3, -0.25) is 4.79 Å². The highest BCUT2D eigenvalue weighted by Gasteiger charge is 2.17. The molecule has 0 heterocycles. The second-order valence-electron chi connectivity index (χ2n) is 2.58. The number of hydrogen-bond acceptors (Lipinski definition) is 4. The van der Waals surface area contributed by atoms with Crippen LogP contribution in [-0.2, 0) is 9.05 Å². The van der Waals surface area contributed by atoms with Gasteiger partial charge in [-0.05, 0) is 6.07 Å². The number of carbonyl (C=O) groups is 1. The Balaban J connectivity index is 3.52. The molecule has 0 saturated carbocycles. The minimum Gasteiger partial charge on any atom is -0.496 e. The molecule has 0 aromatic heterocycles. The molecule has 0 atom stereocenters. The van der Waals surface area contributed by atoms with E-state index in [9.17, 15) is 17.6 Å². The van der Waals surface area contributed by atoms with Gasteiger partial charge in [0.1, 0.15) is 11.6 Å². The number of benzene rings is 1. The van der Waals surface area contributed by atoms with Gasteiger partial charge in [-0.1, -0.05) is 0 Å². The minimum atomic E-state index is -4.05. The molecule has 0 spiro atoms. The van der Waals surface area contributed by atoms with E-state index in [0.717, 1.165) is 6.07 Å². The van der Waals surface area contributed by atoms with Gasteiger partial charge in [0.15, 0.2) is 6.29 Å². The first-order chi connectivity index (χ1) is 6.90. The van der Waals surface area contributed by atoms with Gasteiger partial charge >= 0.3 is 0 Å². The average Bonchev–Trinajstić information content (AvgIpc) is 2.15. The lowest BCUT2D eigenvalue weighted by Crippen LogP contribution is -1.99. The van der Waals surface area contributed by atoms with Gasteiger partial charge in [-0.2, -0.15) is 0 Å². The quantitative estimate of drug-likeness (QED) is 0.605. The SMILES string of the molecule is COc1cc(S(=O)(=O)Cl)cc(F)c1C=O. The molecular formula is C8H6ClFO4S. The number of carbonyl (C=O) groups excluding carboxylic acids is 1. The van der Waals surface area contributed by atoms with Crippen LogP contribution in [0.5, 0.6) is 5.75 Å². The van der Waals surface area contributed by atoms with E-state index in [0.29, 0.717) is 6.07 Å². The lowest BCUT2D eigenvalue weighted by molar-refractivity contribution is 0.111. The summed E-state index contributed by atoms with van der Waals surface area (Å²) in [6, 6.07) is 1.64. The highest BCUT2D eigenvalue weighted by atomic mass is 35.7. The molecule has 0 unspecified atom stereocenters. The molecule has 0 amide bonds. The standard InChI is InChI=1S/C8H6ClFO4S/c1-14-8-3-5(15(9,12)13)2-7(10)6(8)4-11/h2-4H,1H3. The van der Waals surface area contributed by atoms with Crippen LogP contribution in [0.15, 0.2) is 17.0 Å². The van der Waals surface area contributed by atoms with Gasteiger partial charge in [0, 0.05) is 16.7 Å². The van der Waals surface area contributed by atoms with Crippen LogP contribution in [0, 0.1) is 5.82 Å². The minimum absolute atomic E-state index is 0.177. The van der Waals surface area contributed by atoms with E-state index < -0.39 is 19.8 Å². The van der Waals surface area contributed by atoms with Crippen molar-refractivity contribution >= 4 is 26.0 Å². The average molecular weight is 253 g/mol. The third-order valence-corrected chi connectivity index (χ3v) is 3.02. The lowest BCUT2D eigenvalue weighted by atomic mass is 10.2. The zero-order chi connectivity index (χ0) is 11.6. The summed E-state index contributed by atoms with van der Waals surface area (Å²) in [5.41, 5.74) is -0.346. The van der Waals surface area contributed by atoms with Crippen molar-refractivity contribution in [3.05, 3.63) is 23.5 Å². The molecule has 82 valence electrons. The summed E-state index contributed by atoms with van der Waals surface area (Å²) in [5.74, 6) is -1.17. The lowest BCUT2D eigenvalue weighted by Gasteiger charge is -2.06. The fourth-order valence-corrected chi connectivity index (χ4v) is 1.75. The Morgan fingerprint density at radius 2 is 2.07 bits per heavy atom. The van der Waals surface area contributed by atoms with E-state index in [1.165, 1.54) is 7.11 Å². The molecule has 0 aliphatic rings. The van der Waals surface area contributed by atoms with E-state index >= 15 is 0 Å². The van der Waals surface area contributed by atoms with Crippen molar-refractivity contribution in [2.45, 2.75) is 4.90 Å². The normalized spacial score (nSPS) is 11.1. The molecule has 0 fully saturated rings. The maximum Gasteiger partial charge on any atom is 0.261 e. The second-order valence-corrected chi connectivity index (χ2v) is 5.14. The Labute approximate surface area is 90.0 Å². The van der Waals surface area contributed by atoms with Gasteiger partial charge in [0.05, 0.1) is 17.6 Å². The van der Waals surface area contributed by atoms with E-state index in [1.54, 1.807) is 0 Å². The molecule has 0 N–H and O–H groups in total.